The van der Waals surface area contributed by atoms with E-state index in [1.807, 2.05) is 0 Å². The fraction of sp³-hybridized carbons (Fsp3) is 0.350. The Morgan fingerprint density at radius 2 is 1.70 bits per heavy atom. The lowest BCUT2D eigenvalue weighted by molar-refractivity contribution is -0.108. The topological polar surface area (TPSA) is 51.2 Å². The normalized spacial score (nSPS) is 23.1. The summed E-state index contributed by atoms with van der Waals surface area (Å²) in [7, 11) is -4.02. The van der Waals surface area contributed by atoms with Gasteiger partial charge < -0.3 is 4.79 Å². The summed E-state index contributed by atoms with van der Waals surface area (Å²) in [6, 6.07) is 8.59. The van der Waals surface area contributed by atoms with Crippen molar-refractivity contribution in [3.63, 3.8) is 0 Å². The Kier molecular flexibility index (Phi) is 5.68. The van der Waals surface area contributed by atoms with Crippen molar-refractivity contribution in [3.05, 3.63) is 64.7 Å². The highest BCUT2D eigenvalue weighted by Crippen LogP contribution is 2.49. The van der Waals surface area contributed by atoms with Crippen molar-refractivity contribution < 1.29 is 22.0 Å². The Morgan fingerprint density at radius 1 is 1.07 bits per heavy atom. The predicted molar refractivity (Wildman–Crippen MR) is 99.3 cm³/mol. The van der Waals surface area contributed by atoms with Gasteiger partial charge in [0.2, 0.25) is 0 Å². The van der Waals surface area contributed by atoms with Crippen molar-refractivity contribution in [2.45, 2.75) is 41.7 Å². The smallest absolute Gasteiger partial charge is 0.188 e. The lowest BCUT2D eigenvalue weighted by Gasteiger charge is -2.40. The first-order chi connectivity index (χ1) is 12.8. The van der Waals surface area contributed by atoms with Crippen molar-refractivity contribution >= 4 is 27.7 Å². The van der Waals surface area contributed by atoms with Gasteiger partial charge in [-0.1, -0.05) is 11.6 Å². The molecule has 144 valence electrons. The molecule has 2 aromatic rings. The van der Waals surface area contributed by atoms with Gasteiger partial charge in [0.1, 0.15) is 22.7 Å². The molecule has 0 atom stereocenters. The predicted octanol–water partition coefficient (Wildman–Crippen LogP) is 5.07. The molecular formula is C20H19ClF2O3S. The Morgan fingerprint density at radius 3 is 2.30 bits per heavy atom. The highest BCUT2D eigenvalue weighted by molar-refractivity contribution is 7.92. The van der Waals surface area contributed by atoms with E-state index < -0.39 is 26.2 Å². The second kappa shape index (κ2) is 7.68. The number of carbonyl (C=O) groups is 1. The summed E-state index contributed by atoms with van der Waals surface area (Å²) in [5, 5.41) is 0.384. The van der Waals surface area contributed by atoms with Gasteiger partial charge in [-0.05, 0) is 74.1 Å². The second-order valence-corrected chi connectivity index (χ2v) is 9.62. The van der Waals surface area contributed by atoms with Crippen LogP contribution in [0.2, 0.25) is 5.02 Å². The van der Waals surface area contributed by atoms with Gasteiger partial charge in [-0.3, -0.25) is 0 Å². The van der Waals surface area contributed by atoms with Crippen molar-refractivity contribution in [1.29, 1.82) is 0 Å². The average molecular weight is 413 g/mol. The molecule has 0 heterocycles. The lowest BCUT2D eigenvalue weighted by atomic mass is 9.77. The molecule has 27 heavy (non-hydrogen) atoms. The Bertz CT molecular complexity index is 934. The van der Waals surface area contributed by atoms with Crippen molar-refractivity contribution in [2.75, 3.05) is 0 Å². The van der Waals surface area contributed by atoms with Crippen LogP contribution in [0.4, 0.5) is 8.78 Å². The van der Waals surface area contributed by atoms with E-state index in [4.69, 9.17) is 11.6 Å². The van der Waals surface area contributed by atoms with Crippen LogP contribution < -0.4 is 0 Å². The zero-order valence-corrected chi connectivity index (χ0v) is 16.1. The molecule has 2 aromatic carbocycles. The molecule has 0 radical (unpaired) electrons. The molecule has 0 bridgehead atoms. The number of hydrogen-bond acceptors (Lipinski definition) is 3. The highest BCUT2D eigenvalue weighted by atomic mass is 35.5. The third-order valence-corrected chi connectivity index (χ3v) is 8.20. The minimum Gasteiger partial charge on any atom is -0.303 e. The molecule has 3 nitrogen and oxygen atoms in total. The van der Waals surface area contributed by atoms with E-state index in [-0.39, 0.29) is 29.2 Å². The number of sulfone groups is 1. The molecule has 0 aromatic heterocycles. The molecule has 1 fully saturated rings. The molecule has 1 aliphatic carbocycles. The fourth-order valence-corrected chi connectivity index (χ4v) is 6.18. The molecule has 0 N–H and O–H groups in total. The summed E-state index contributed by atoms with van der Waals surface area (Å²) in [6.07, 6.45) is 2.29. The summed E-state index contributed by atoms with van der Waals surface area (Å²) >= 11 is 5.86. The molecule has 0 amide bonds. The van der Waals surface area contributed by atoms with E-state index in [0.29, 0.717) is 24.3 Å². The molecule has 3 rings (SSSR count). The van der Waals surface area contributed by atoms with Crippen molar-refractivity contribution in [1.82, 2.24) is 0 Å². The fourth-order valence-electron chi connectivity index (χ4n) is 3.88. The van der Waals surface area contributed by atoms with E-state index >= 15 is 0 Å². The van der Waals surface area contributed by atoms with Gasteiger partial charge >= 0.3 is 0 Å². The van der Waals surface area contributed by atoms with Gasteiger partial charge in [-0.25, -0.2) is 17.2 Å². The summed E-state index contributed by atoms with van der Waals surface area (Å²) in [6.45, 7) is 0. The maximum atomic E-state index is 14.6. The molecule has 0 spiro atoms. The van der Waals surface area contributed by atoms with Crippen LogP contribution in [-0.2, 0) is 19.4 Å². The second-order valence-electron chi connectivity index (χ2n) is 6.92. The molecular weight excluding hydrogens is 394 g/mol. The average Bonchev–Trinajstić information content (AvgIpc) is 2.65. The SMILES string of the molecule is O=CCC1CCC(c2cc(F)ccc2F)(S(=O)(=O)c2ccc(Cl)cc2)CC1. The van der Waals surface area contributed by atoms with Crippen molar-refractivity contribution in [2.24, 2.45) is 5.92 Å². The zero-order valence-electron chi connectivity index (χ0n) is 14.5. The summed E-state index contributed by atoms with van der Waals surface area (Å²) in [5.74, 6) is -1.39. The largest absolute Gasteiger partial charge is 0.303 e. The Labute approximate surface area is 162 Å². The molecule has 0 unspecified atom stereocenters. The van der Waals surface area contributed by atoms with Crippen molar-refractivity contribution in [3.8, 4) is 0 Å². The summed E-state index contributed by atoms with van der Waals surface area (Å²) in [5.41, 5.74) is -0.151. The highest BCUT2D eigenvalue weighted by Gasteiger charge is 2.49. The zero-order chi connectivity index (χ0) is 19.7. The van der Waals surface area contributed by atoms with Crippen LogP contribution in [-0.4, -0.2) is 14.7 Å². The van der Waals surface area contributed by atoms with Gasteiger partial charge in [-0.15, -0.1) is 0 Å². The van der Waals surface area contributed by atoms with Gasteiger partial charge in [-0.2, -0.15) is 0 Å². The maximum absolute atomic E-state index is 14.6. The first kappa shape index (κ1) is 20.0. The van der Waals surface area contributed by atoms with Gasteiger partial charge in [0.15, 0.2) is 9.84 Å². The van der Waals surface area contributed by atoms with Crippen LogP contribution in [0.5, 0.6) is 0 Å². The number of hydrogen-bond donors (Lipinski definition) is 0. The minimum absolute atomic E-state index is 0.0180. The maximum Gasteiger partial charge on any atom is 0.188 e. The van der Waals surface area contributed by atoms with Crippen LogP contribution >= 0.6 is 11.6 Å². The van der Waals surface area contributed by atoms with Gasteiger partial charge in [0.05, 0.1) is 4.90 Å². The quantitative estimate of drug-likeness (QED) is 0.644. The first-order valence-corrected chi connectivity index (χ1v) is 10.6. The Hall–Kier alpha value is -1.79. The summed E-state index contributed by atoms with van der Waals surface area (Å²) < 4.78 is 54.1. The first-order valence-electron chi connectivity index (χ1n) is 8.69. The van der Waals surface area contributed by atoms with E-state index in [9.17, 15) is 22.0 Å². The monoisotopic (exact) mass is 412 g/mol. The Balaban J connectivity index is 2.15. The van der Waals surface area contributed by atoms with Crippen LogP contribution in [0.1, 0.15) is 37.7 Å². The van der Waals surface area contributed by atoms with E-state index in [1.165, 1.54) is 24.3 Å². The van der Waals surface area contributed by atoms with E-state index in [1.54, 1.807) is 0 Å². The third-order valence-electron chi connectivity index (χ3n) is 5.40. The summed E-state index contributed by atoms with van der Waals surface area (Å²) in [4.78, 5) is 10.8. The standard InChI is InChI=1S/C20H19ClF2O3S/c21-15-1-4-17(5-2-15)27(25,26)20(10-7-14(8-11-20)9-12-24)18-13-16(22)3-6-19(18)23/h1-6,12-14H,7-11H2. The number of halogens is 3. The van der Waals surface area contributed by atoms with Gasteiger partial charge in [0.25, 0.3) is 0 Å². The lowest BCUT2D eigenvalue weighted by Crippen LogP contribution is -2.40. The number of rotatable bonds is 5. The number of aldehydes is 1. The van der Waals surface area contributed by atoms with E-state index in [0.717, 1.165) is 24.5 Å². The number of benzene rings is 2. The van der Waals surface area contributed by atoms with Crippen LogP contribution in [0.3, 0.4) is 0 Å². The minimum atomic E-state index is -4.02. The van der Waals surface area contributed by atoms with Crippen LogP contribution in [0.25, 0.3) is 0 Å². The van der Waals surface area contributed by atoms with Crippen LogP contribution in [0, 0.1) is 17.6 Å². The molecule has 7 heteroatoms. The van der Waals surface area contributed by atoms with Crippen LogP contribution in [0.15, 0.2) is 47.4 Å². The molecule has 0 aliphatic heterocycles. The van der Waals surface area contributed by atoms with E-state index in [2.05, 4.69) is 0 Å². The molecule has 1 saturated carbocycles. The molecule has 1 aliphatic rings. The van der Waals surface area contributed by atoms with Gasteiger partial charge in [0, 0.05) is 17.0 Å². The number of carbonyl (C=O) groups excluding carboxylic acids is 1. The third kappa shape index (κ3) is 3.65. The molecule has 0 saturated heterocycles.